The van der Waals surface area contributed by atoms with Crippen LogP contribution in [0.25, 0.3) is 0 Å². The largest absolute Gasteiger partial charge is 0.453 e. The molecule has 0 bridgehead atoms. The number of rotatable bonds is 9. The first-order valence-corrected chi connectivity index (χ1v) is 8.51. The molecule has 0 unspecified atom stereocenters. The minimum Gasteiger partial charge on any atom is -0.453 e. The Balaban J connectivity index is 2.26. The van der Waals surface area contributed by atoms with Crippen LogP contribution in [0.3, 0.4) is 0 Å². The number of benzene rings is 1. The molecule has 3 N–H and O–H groups in total. The summed E-state index contributed by atoms with van der Waals surface area (Å²) in [6.07, 6.45) is 0.597. The maximum absolute atomic E-state index is 11.1. The van der Waals surface area contributed by atoms with Crippen LogP contribution in [-0.4, -0.2) is 46.0 Å². The Labute approximate surface area is 150 Å². The number of carbonyl (C=O) groups is 1. The number of hydrogen-bond donors (Lipinski definition) is 3. The summed E-state index contributed by atoms with van der Waals surface area (Å²) < 4.78 is 10.1. The molecule has 1 amide bonds. The molecular formula is C18H30N4O3. The van der Waals surface area contributed by atoms with Gasteiger partial charge in [-0.15, -0.1) is 0 Å². The Kier molecular flexibility index (Phi) is 10.1. The molecule has 25 heavy (non-hydrogen) atoms. The quantitative estimate of drug-likeness (QED) is 0.362. The van der Waals surface area contributed by atoms with Gasteiger partial charge < -0.3 is 20.1 Å². The summed E-state index contributed by atoms with van der Waals surface area (Å²) in [6, 6.07) is 7.51. The highest BCUT2D eigenvalue weighted by Gasteiger charge is 2.02. The van der Waals surface area contributed by atoms with Gasteiger partial charge >= 0.3 is 6.09 Å². The highest BCUT2D eigenvalue weighted by atomic mass is 16.5. The van der Waals surface area contributed by atoms with E-state index < -0.39 is 6.09 Å². The summed E-state index contributed by atoms with van der Waals surface area (Å²) in [6.45, 7) is 7.15. The van der Waals surface area contributed by atoms with Gasteiger partial charge in [0.05, 0.1) is 13.7 Å². The fourth-order valence-electron chi connectivity index (χ4n) is 1.94. The van der Waals surface area contributed by atoms with Crippen LogP contribution in [0, 0.1) is 5.92 Å². The van der Waals surface area contributed by atoms with Crippen molar-refractivity contribution in [3.8, 4) is 0 Å². The highest BCUT2D eigenvalue weighted by Crippen LogP contribution is 2.09. The number of nitrogens with zero attached hydrogens (tertiary/aromatic N) is 1. The number of guanidine groups is 1. The normalized spacial score (nSPS) is 11.3. The number of carbonyl (C=O) groups excluding carboxylic acids is 1. The molecule has 0 saturated heterocycles. The molecule has 1 aromatic rings. The lowest BCUT2D eigenvalue weighted by Gasteiger charge is -2.13. The Bertz CT molecular complexity index is 530. The summed E-state index contributed by atoms with van der Waals surface area (Å²) in [5.74, 6) is 1.39. The molecule has 0 aliphatic rings. The Morgan fingerprint density at radius 2 is 1.88 bits per heavy atom. The van der Waals surface area contributed by atoms with Crippen LogP contribution in [0.4, 0.5) is 10.5 Å². The molecule has 0 aliphatic heterocycles. The van der Waals surface area contributed by atoms with Crippen molar-refractivity contribution >= 4 is 17.7 Å². The predicted molar refractivity (Wildman–Crippen MR) is 101 cm³/mol. The zero-order chi connectivity index (χ0) is 18.5. The average molecular weight is 350 g/mol. The van der Waals surface area contributed by atoms with Crippen molar-refractivity contribution in [1.29, 1.82) is 0 Å². The third-order valence-electron chi connectivity index (χ3n) is 3.45. The molecule has 0 spiro atoms. The van der Waals surface area contributed by atoms with Gasteiger partial charge in [-0.3, -0.25) is 10.3 Å². The maximum atomic E-state index is 11.1. The molecule has 0 atom stereocenters. The number of anilines is 1. The van der Waals surface area contributed by atoms with E-state index in [4.69, 9.17) is 4.74 Å². The van der Waals surface area contributed by atoms with E-state index >= 15 is 0 Å². The molecule has 140 valence electrons. The second-order valence-corrected chi connectivity index (χ2v) is 5.96. The minimum absolute atomic E-state index is 0.480. The molecule has 0 fully saturated rings. The lowest BCUT2D eigenvalue weighted by atomic mass is 10.1. The van der Waals surface area contributed by atoms with Crippen LogP contribution in [-0.2, 0) is 16.0 Å². The fourth-order valence-corrected chi connectivity index (χ4v) is 1.94. The number of methoxy groups -OCH3 is 1. The van der Waals surface area contributed by atoms with Gasteiger partial charge in [0.1, 0.15) is 0 Å². The van der Waals surface area contributed by atoms with Gasteiger partial charge in [-0.25, -0.2) is 4.79 Å². The van der Waals surface area contributed by atoms with Crippen LogP contribution in [0.1, 0.15) is 25.8 Å². The van der Waals surface area contributed by atoms with Gasteiger partial charge in [0, 0.05) is 32.4 Å². The molecule has 7 nitrogen and oxygen atoms in total. The number of amides is 1. The van der Waals surface area contributed by atoms with E-state index in [1.165, 1.54) is 7.11 Å². The molecule has 0 aromatic heterocycles. The summed E-state index contributed by atoms with van der Waals surface area (Å²) in [7, 11) is 3.07. The fraction of sp³-hybridized carbons (Fsp3) is 0.556. The van der Waals surface area contributed by atoms with Crippen LogP contribution >= 0.6 is 0 Å². The van der Waals surface area contributed by atoms with E-state index in [-0.39, 0.29) is 0 Å². The zero-order valence-electron chi connectivity index (χ0n) is 15.6. The van der Waals surface area contributed by atoms with E-state index in [9.17, 15) is 4.79 Å². The van der Waals surface area contributed by atoms with Crippen molar-refractivity contribution in [2.45, 2.75) is 26.8 Å². The lowest BCUT2D eigenvalue weighted by Crippen LogP contribution is -2.38. The molecule has 0 heterocycles. The molecule has 1 rings (SSSR count). The second kappa shape index (κ2) is 12.1. The first-order chi connectivity index (χ1) is 12.0. The third-order valence-corrected chi connectivity index (χ3v) is 3.45. The maximum Gasteiger partial charge on any atom is 0.411 e. The summed E-state index contributed by atoms with van der Waals surface area (Å²) in [5, 5.41) is 9.07. The standard InChI is InChI=1S/C18H30N4O3/c1-14(2)9-11-25-12-10-20-17(19-3)21-13-15-5-7-16(8-6-15)22-18(23)24-4/h5-8,14H,9-13H2,1-4H3,(H,22,23)(H2,19,20,21). The number of ether oxygens (including phenoxy) is 2. The van der Waals surface area contributed by atoms with Crippen LogP contribution < -0.4 is 16.0 Å². The van der Waals surface area contributed by atoms with Gasteiger partial charge in [-0.05, 0) is 30.0 Å². The molecule has 7 heteroatoms. The second-order valence-electron chi connectivity index (χ2n) is 5.96. The van der Waals surface area contributed by atoms with Crippen molar-refractivity contribution in [1.82, 2.24) is 10.6 Å². The monoisotopic (exact) mass is 350 g/mol. The SMILES string of the molecule is CN=C(NCCOCCC(C)C)NCc1ccc(NC(=O)OC)cc1. The van der Waals surface area contributed by atoms with E-state index in [2.05, 4.69) is 39.5 Å². The van der Waals surface area contributed by atoms with Crippen molar-refractivity contribution in [3.63, 3.8) is 0 Å². The van der Waals surface area contributed by atoms with Crippen molar-refractivity contribution in [2.24, 2.45) is 10.9 Å². The molecule has 0 saturated carbocycles. The summed E-state index contributed by atoms with van der Waals surface area (Å²) in [5.41, 5.74) is 1.77. The van der Waals surface area contributed by atoms with Crippen molar-refractivity contribution in [2.75, 3.05) is 39.2 Å². The van der Waals surface area contributed by atoms with Crippen LogP contribution in [0.2, 0.25) is 0 Å². The van der Waals surface area contributed by atoms with Crippen molar-refractivity contribution < 1.29 is 14.3 Å². The first-order valence-electron chi connectivity index (χ1n) is 8.51. The Morgan fingerprint density at radius 1 is 1.16 bits per heavy atom. The Morgan fingerprint density at radius 3 is 2.48 bits per heavy atom. The molecular weight excluding hydrogens is 320 g/mol. The number of hydrogen-bond acceptors (Lipinski definition) is 4. The topological polar surface area (TPSA) is 84.0 Å². The highest BCUT2D eigenvalue weighted by molar-refractivity contribution is 5.84. The Hall–Kier alpha value is -2.28. The van der Waals surface area contributed by atoms with E-state index in [1.54, 1.807) is 7.05 Å². The van der Waals surface area contributed by atoms with E-state index in [0.29, 0.717) is 31.3 Å². The van der Waals surface area contributed by atoms with Gasteiger partial charge in [-0.1, -0.05) is 26.0 Å². The molecule has 0 aliphatic carbocycles. The lowest BCUT2D eigenvalue weighted by molar-refractivity contribution is 0.128. The number of aliphatic imine (C=N–C) groups is 1. The van der Waals surface area contributed by atoms with Gasteiger partial charge in [0.15, 0.2) is 5.96 Å². The summed E-state index contributed by atoms with van der Waals surface area (Å²) >= 11 is 0. The van der Waals surface area contributed by atoms with Crippen molar-refractivity contribution in [3.05, 3.63) is 29.8 Å². The summed E-state index contributed by atoms with van der Waals surface area (Å²) in [4.78, 5) is 15.3. The first kappa shape index (κ1) is 20.8. The smallest absolute Gasteiger partial charge is 0.411 e. The van der Waals surface area contributed by atoms with Crippen LogP contribution in [0.15, 0.2) is 29.3 Å². The zero-order valence-corrected chi connectivity index (χ0v) is 15.6. The van der Waals surface area contributed by atoms with E-state index in [1.807, 2.05) is 24.3 Å². The van der Waals surface area contributed by atoms with Gasteiger partial charge in [0.25, 0.3) is 0 Å². The third kappa shape index (κ3) is 9.56. The number of nitrogens with one attached hydrogen (secondary N) is 3. The van der Waals surface area contributed by atoms with Gasteiger partial charge in [-0.2, -0.15) is 0 Å². The minimum atomic E-state index is -0.480. The molecule has 1 aromatic carbocycles. The van der Waals surface area contributed by atoms with Gasteiger partial charge in [0.2, 0.25) is 0 Å². The van der Waals surface area contributed by atoms with E-state index in [0.717, 1.165) is 24.6 Å². The predicted octanol–water partition coefficient (Wildman–Crippen LogP) is 2.59. The molecule has 0 radical (unpaired) electrons. The average Bonchev–Trinajstić information content (AvgIpc) is 2.61. The van der Waals surface area contributed by atoms with Crippen LogP contribution in [0.5, 0.6) is 0 Å².